The Morgan fingerprint density at radius 2 is 2.12 bits per heavy atom. The molecule has 0 heterocycles. The van der Waals surface area contributed by atoms with Gasteiger partial charge in [0.1, 0.15) is 5.82 Å². The molecule has 0 aliphatic heterocycles. The number of halogens is 1. The average molecular weight is 225 g/mol. The predicted octanol–water partition coefficient (Wildman–Crippen LogP) is 2.82. The summed E-state index contributed by atoms with van der Waals surface area (Å²) in [7, 11) is 0. The van der Waals surface area contributed by atoms with Gasteiger partial charge in [0.2, 0.25) is 0 Å². The van der Waals surface area contributed by atoms with E-state index in [-0.39, 0.29) is 11.9 Å². The molecule has 0 saturated heterocycles. The van der Waals surface area contributed by atoms with Gasteiger partial charge in [-0.25, -0.2) is 4.39 Å². The number of benzene rings is 1. The molecule has 16 heavy (non-hydrogen) atoms. The lowest BCUT2D eigenvalue weighted by molar-refractivity contribution is 0.122. The molecule has 0 aliphatic rings. The Hall–Kier alpha value is -0.930. The van der Waals surface area contributed by atoms with E-state index in [2.05, 4.69) is 5.32 Å². The molecule has 0 aromatic heterocycles. The standard InChI is InChI=1S/C13H20FNO/c1-4-15-12(9-16-5-2)11-8-6-7-10(3)13(11)14/h6-8,12,15H,4-5,9H2,1-3H3. The molecule has 0 spiro atoms. The summed E-state index contributed by atoms with van der Waals surface area (Å²) in [5, 5.41) is 3.24. The third kappa shape index (κ3) is 3.29. The zero-order valence-corrected chi connectivity index (χ0v) is 10.2. The Morgan fingerprint density at radius 1 is 1.38 bits per heavy atom. The fraction of sp³-hybridized carbons (Fsp3) is 0.538. The van der Waals surface area contributed by atoms with Crippen LogP contribution < -0.4 is 5.32 Å². The second-order valence-corrected chi connectivity index (χ2v) is 3.75. The summed E-state index contributed by atoms with van der Waals surface area (Å²) in [5.41, 5.74) is 1.37. The minimum absolute atomic E-state index is 0.0650. The van der Waals surface area contributed by atoms with Gasteiger partial charge >= 0.3 is 0 Å². The lowest BCUT2D eigenvalue weighted by Gasteiger charge is -2.19. The van der Waals surface area contributed by atoms with Crippen LogP contribution in [0.3, 0.4) is 0 Å². The maximum absolute atomic E-state index is 13.9. The molecule has 1 atom stereocenters. The molecule has 1 N–H and O–H groups in total. The van der Waals surface area contributed by atoms with E-state index in [0.717, 1.165) is 6.54 Å². The van der Waals surface area contributed by atoms with Crippen molar-refractivity contribution in [3.63, 3.8) is 0 Å². The van der Waals surface area contributed by atoms with E-state index < -0.39 is 0 Å². The highest BCUT2D eigenvalue weighted by Gasteiger charge is 2.15. The monoisotopic (exact) mass is 225 g/mol. The molecule has 1 aromatic carbocycles. The summed E-state index contributed by atoms with van der Waals surface area (Å²) in [6.07, 6.45) is 0. The summed E-state index contributed by atoms with van der Waals surface area (Å²) in [6, 6.07) is 5.41. The van der Waals surface area contributed by atoms with Gasteiger partial charge in [-0.1, -0.05) is 25.1 Å². The molecule has 1 aromatic rings. The van der Waals surface area contributed by atoms with Crippen LogP contribution in [0, 0.1) is 12.7 Å². The smallest absolute Gasteiger partial charge is 0.130 e. The molecule has 1 unspecified atom stereocenters. The molecule has 0 amide bonds. The second-order valence-electron chi connectivity index (χ2n) is 3.75. The Bertz CT molecular complexity index is 328. The number of rotatable bonds is 6. The van der Waals surface area contributed by atoms with Crippen LogP contribution in [0.4, 0.5) is 4.39 Å². The van der Waals surface area contributed by atoms with Crippen LogP contribution >= 0.6 is 0 Å². The molecule has 3 heteroatoms. The van der Waals surface area contributed by atoms with E-state index in [0.29, 0.717) is 24.3 Å². The van der Waals surface area contributed by atoms with Gasteiger partial charge in [-0.3, -0.25) is 0 Å². The van der Waals surface area contributed by atoms with Gasteiger partial charge in [0.25, 0.3) is 0 Å². The summed E-state index contributed by atoms with van der Waals surface area (Å²) in [4.78, 5) is 0. The normalized spacial score (nSPS) is 12.8. The number of likely N-dealkylation sites (N-methyl/N-ethyl adjacent to an activating group) is 1. The number of hydrogen-bond acceptors (Lipinski definition) is 2. The highest BCUT2D eigenvalue weighted by molar-refractivity contribution is 5.27. The van der Waals surface area contributed by atoms with Crippen LogP contribution in [0.1, 0.15) is 31.0 Å². The van der Waals surface area contributed by atoms with E-state index >= 15 is 0 Å². The molecule has 1 rings (SSSR count). The lowest BCUT2D eigenvalue weighted by Crippen LogP contribution is -2.26. The summed E-state index contributed by atoms with van der Waals surface area (Å²) in [5.74, 6) is -0.131. The highest BCUT2D eigenvalue weighted by Crippen LogP contribution is 2.20. The van der Waals surface area contributed by atoms with Gasteiger partial charge < -0.3 is 10.1 Å². The lowest BCUT2D eigenvalue weighted by atomic mass is 10.0. The fourth-order valence-corrected chi connectivity index (χ4v) is 1.68. The zero-order chi connectivity index (χ0) is 12.0. The number of hydrogen-bond donors (Lipinski definition) is 1. The van der Waals surface area contributed by atoms with Crippen molar-refractivity contribution in [2.45, 2.75) is 26.8 Å². The van der Waals surface area contributed by atoms with Gasteiger partial charge in [0.15, 0.2) is 0 Å². The van der Waals surface area contributed by atoms with Crippen LogP contribution in [-0.2, 0) is 4.74 Å². The Kier molecular flexibility index (Phi) is 5.43. The van der Waals surface area contributed by atoms with Crippen molar-refractivity contribution < 1.29 is 9.13 Å². The summed E-state index contributed by atoms with van der Waals surface area (Å²) < 4.78 is 19.3. The predicted molar refractivity (Wildman–Crippen MR) is 64.0 cm³/mol. The van der Waals surface area contributed by atoms with Gasteiger partial charge in [0, 0.05) is 12.2 Å². The minimum Gasteiger partial charge on any atom is -0.380 e. The van der Waals surface area contributed by atoms with E-state index in [1.165, 1.54) is 0 Å². The molecule has 0 saturated carbocycles. The van der Waals surface area contributed by atoms with E-state index in [1.54, 1.807) is 13.0 Å². The molecular formula is C13H20FNO. The first-order valence-corrected chi connectivity index (χ1v) is 5.76. The van der Waals surface area contributed by atoms with Crippen molar-refractivity contribution in [2.75, 3.05) is 19.8 Å². The third-order valence-electron chi connectivity index (χ3n) is 2.54. The molecule has 90 valence electrons. The van der Waals surface area contributed by atoms with Crippen molar-refractivity contribution in [1.29, 1.82) is 0 Å². The van der Waals surface area contributed by atoms with Crippen LogP contribution in [0.15, 0.2) is 18.2 Å². The van der Waals surface area contributed by atoms with Crippen LogP contribution in [-0.4, -0.2) is 19.8 Å². The maximum Gasteiger partial charge on any atom is 0.130 e. The van der Waals surface area contributed by atoms with Crippen molar-refractivity contribution in [2.24, 2.45) is 0 Å². The van der Waals surface area contributed by atoms with Crippen LogP contribution in [0.5, 0.6) is 0 Å². The summed E-state index contributed by atoms with van der Waals surface area (Å²) >= 11 is 0. The van der Waals surface area contributed by atoms with E-state index in [9.17, 15) is 4.39 Å². The first-order valence-electron chi connectivity index (χ1n) is 5.76. The molecule has 0 aliphatic carbocycles. The topological polar surface area (TPSA) is 21.3 Å². The molecule has 0 bridgehead atoms. The van der Waals surface area contributed by atoms with E-state index in [4.69, 9.17) is 4.74 Å². The Morgan fingerprint density at radius 3 is 2.75 bits per heavy atom. The molecule has 0 radical (unpaired) electrons. The van der Waals surface area contributed by atoms with Crippen LogP contribution in [0.2, 0.25) is 0 Å². The molecular weight excluding hydrogens is 205 g/mol. The number of nitrogens with one attached hydrogen (secondary N) is 1. The van der Waals surface area contributed by atoms with Crippen LogP contribution in [0.25, 0.3) is 0 Å². The van der Waals surface area contributed by atoms with Gasteiger partial charge in [-0.2, -0.15) is 0 Å². The van der Waals surface area contributed by atoms with Crippen molar-refractivity contribution in [3.8, 4) is 0 Å². The highest BCUT2D eigenvalue weighted by atomic mass is 19.1. The second kappa shape index (κ2) is 6.61. The quantitative estimate of drug-likeness (QED) is 0.803. The minimum atomic E-state index is -0.131. The van der Waals surface area contributed by atoms with Gasteiger partial charge in [-0.15, -0.1) is 0 Å². The maximum atomic E-state index is 13.9. The van der Waals surface area contributed by atoms with Crippen molar-refractivity contribution in [3.05, 3.63) is 35.1 Å². The average Bonchev–Trinajstić information content (AvgIpc) is 2.28. The zero-order valence-electron chi connectivity index (χ0n) is 10.2. The first kappa shape index (κ1) is 13.1. The van der Waals surface area contributed by atoms with Gasteiger partial charge in [0.05, 0.1) is 12.6 Å². The van der Waals surface area contributed by atoms with Crippen molar-refractivity contribution >= 4 is 0 Å². The third-order valence-corrected chi connectivity index (χ3v) is 2.54. The molecule has 0 fully saturated rings. The first-order chi connectivity index (χ1) is 7.70. The summed E-state index contributed by atoms with van der Waals surface area (Å²) in [6.45, 7) is 7.68. The SMILES string of the molecule is CCNC(COCC)c1cccc(C)c1F. The van der Waals surface area contributed by atoms with Gasteiger partial charge in [-0.05, 0) is 26.0 Å². The molecule has 2 nitrogen and oxygen atoms in total. The largest absolute Gasteiger partial charge is 0.380 e. The van der Waals surface area contributed by atoms with E-state index in [1.807, 2.05) is 26.0 Å². The number of aryl methyl sites for hydroxylation is 1. The Balaban J connectivity index is 2.86. The number of ether oxygens (including phenoxy) is 1. The van der Waals surface area contributed by atoms with Crippen molar-refractivity contribution in [1.82, 2.24) is 5.32 Å². The fourth-order valence-electron chi connectivity index (χ4n) is 1.68. The Labute approximate surface area is 96.8 Å².